The van der Waals surface area contributed by atoms with Crippen LogP contribution in [0.1, 0.15) is 21.0 Å². The van der Waals surface area contributed by atoms with Crippen LogP contribution in [0.2, 0.25) is 0 Å². The summed E-state index contributed by atoms with van der Waals surface area (Å²) in [7, 11) is 3.38. The van der Waals surface area contributed by atoms with E-state index in [-0.39, 0.29) is 23.2 Å². The van der Waals surface area contributed by atoms with Gasteiger partial charge >= 0.3 is 0 Å². The molecule has 0 aliphatic rings. The predicted molar refractivity (Wildman–Crippen MR) is 183 cm³/mol. The van der Waals surface area contributed by atoms with E-state index in [0.717, 1.165) is 60.9 Å². The van der Waals surface area contributed by atoms with Crippen LogP contribution < -0.4 is 10.6 Å². The maximum absolute atomic E-state index is 13.5. The van der Waals surface area contributed by atoms with Crippen molar-refractivity contribution in [3.05, 3.63) is 139 Å². The molecule has 7 nitrogen and oxygen atoms in total. The maximum atomic E-state index is 13.5. The van der Waals surface area contributed by atoms with E-state index in [1.54, 1.807) is 32.3 Å². The molecule has 0 atom stereocenters. The van der Waals surface area contributed by atoms with Crippen LogP contribution in [0.15, 0.2) is 127 Å². The Bertz CT molecular complexity index is 1970. The number of nitrogens with zero attached hydrogens (tertiary/aromatic N) is 2. The Hall–Kier alpha value is -6.08. The van der Waals surface area contributed by atoms with Gasteiger partial charge in [-0.1, -0.05) is 103 Å². The lowest BCUT2D eigenvalue weighted by Gasteiger charge is -2.14. The van der Waals surface area contributed by atoms with Gasteiger partial charge in [0.1, 0.15) is 11.4 Å². The fraction of sp³-hybridized carbons (Fsp3) is 0.0526. The van der Waals surface area contributed by atoms with Crippen LogP contribution in [0.5, 0.6) is 0 Å². The van der Waals surface area contributed by atoms with Crippen LogP contribution in [-0.4, -0.2) is 42.2 Å². The Morgan fingerprint density at radius 3 is 1.16 bits per heavy atom. The third-order valence-corrected chi connectivity index (χ3v) is 7.44. The molecule has 7 heteroatoms. The number of amides is 3. The van der Waals surface area contributed by atoms with E-state index in [2.05, 4.69) is 27.8 Å². The Morgan fingerprint density at radius 2 is 0.844 bits per heavy atom. The second-order valence-electron chi connectivity index (χ2n) is 10.8. The highest BCUT2D eigenvalue weighted by molar-refractivity contribution is 6.19. The quantitative estimate of drug-likeness (QED) is 0.157. The first-order chi connectivity index (χ1) is 21.9. The van der Waals surface area contributed by atoms with Crippen LogP contribution in [0.4, 0.5) is 11.4 Å². The molecular weight excluding hydrogens is 560 g/mol. The first kappa shape index (κ1) is 29.0. The summed E-state index contributed by atoms with van der Waals surface area (Å²) in [6, 6.07) is 40.9. The van der Waals surface area contributed by atoms with Crippen LogP contribution in [0.25, 0.3) is 43.1 Å². The van der Waals surface area contributed by atoms with Gasteiger partial charge in [-0.3, -0.25) is 14.4 Å². The second-order valence-corrected chi connectivity index (χ2v) is 10.8. The van der Waals surface area contributed by atoms with E-state index in [9.17, 15) is 14.4 Å². The highest BCUT2D eigenvalue weighted by Crippen LogP contribution is 2.34. The van der Waals surface area contributed by atoms with Crippen LogP contribution in [0, 0.1) is 0 Å². The maximum Gasteiger partial charge on any atom is 0.274 e. The molecule has 0 saturated heterocycles. The summed E-state index contributed by atoms with van der Waals surface area (Å²) in [6.45, 7) is 0. The van der Waals surface area contributed by atoms with Crippen LogP contribution >= 0.6 is 0 Å². The number of fused-ring (bicyclic) bond motifs is 4. The summed E-state index contributed by atoms with van der Waals surface area (Å²) < 4.78 is 0. The van der Waals surface area contributed by atoms with Crippen LogP contribution in [-0.2, 0) is 4.79 Å². The summed E-state index contributed by atoms with van der Waals surface area (Å²) in [6.07, 6.45) is 0.750. The first-order valence-electron chi connectivity index (χ1n) is 14.5. The molecule has 0 saturated carbocycles. The molecule has 0 fully saturated rings. The fourth-order valence-electron chi connectivity index (χ4n) is 5.34. The summed E-state index contributed by atoms with van der Waals surface area (Å²) >= 11 is 0. The monoisotopic (exact) mass is 590 g/mol. The molecule has 0 aliphatic carbocycles. The van der Waals surface area contributed by atoms with Gasteiger partial charge in [-0.25, -0.2) is 4.98 Å². The standard InChI is InChI=1S/C35H23N3O2.C3H7NO/c39-34(37-32-26-14-5-1-10-22(26)20-23-11-2-6-15-27(23)32)30-18-9-19-31(36-30)35(40)38-33-28-16-7-3-12-24(28)21-25-13-4-8-17-29(25)33;1-4(2)3-5/h1-21H,(H,37,39)(H,38,40);3H,1-2H3. The molecule has 220 valence electrons. The van der Waals surface area contributed by atoms with Gasteiger partial charge in [0.05, 0.1) is 11.4 Å². The SMILES string of the molecule is CN(C)C=O.O=C(Nc1c2ccccc2cc2ccccc12)c1cccc(C(=O)Nc2c3ccccc3cc3ccccc23)n1. The van der Waals surface area contributed by atoms with Crippen molar-refractivity contribution >= 4 is 72.7 Å². The third kappa shape index (κ3) is 6.05. The lowest BCUT2D eigenvalue weighted by molar-refractivity contribution is -0.115. The largest absolute Gasteiger partial charge is 0.351 e. The molecule has 45 heavy (non-hydrogen) atoms. The van der Waals surface area contributed by atoms with Crippen molar-refractivity contribution in [3.63, 3.8) is 0 Å². The molecule has 0 aliphatic heterocycles. The van der Waals surface area contributed by atoms with E-state index in [4.69, 9.17) is 0 Å². The number of aromatic nitrogens is 1. The molecule has 0 radical (unpaired) electrons. The average Bonchev–Trinajstić information content (AvgIpc) is 3.08. The predicted octanol–water partition coefficient (Wildman–Crippen LogP) is 7.90. The minimum absolute atomic E-state index is 0.160. The number of hydrogen-bond acceptors (Lipinski definition) is 4. The molecular formula is C38H30N4O3. The van der Waals surface area contributed by atoms with Gasteiger partial charge < -0.3 is 15.5 Å². The van der Waals surface area contributed by atoms with Gasteiger partial charge in [-0.15, -0.1) is 0 Å². The lowest BCUT2D eigenvalue weighted by Crippen LogP contribution is -2.19. The van der Waals surface area contributed by atoms with Gasteiger partial charge in [-0.2, -0.15) is 0 Å². The molecule has 3 amide bonds. The van der Waals surface area contributed by atoms with Gasteiger partial charge in [0.2, 0.25) is 6.41 Å². The number of hydrogen-bond donors (Lipinski definition) is 2. The molecule has 2 N–H and O–H groups in total. The molecule has 0 spiro atoms. The zero-order valence-electron chi connectivity index (χ0n) is 24.8. The third-order valence-electron chi connectivity index (χ3n) is 7.44. The second kappa shape index (κ2) is 12.7. The van der Waals surface area contributed by atoms with E-state index >= 15 is 0 Å². The number of benzene rings is 6. The molecule has 6 aromatic carbocycles. The van der Waals surface area contributed by atoms with Crippen molar-refractivity contribution in [2.45, 2.75) is 0 Å². The number of anilines is 2. The normalized spacial score (nSPS) is 10.7. The number of nitrogens with one attached hydrogen (secondary N) is 2. The minimum atomic E-state index is -0.383. The average molecular weight is 591 g/mol. The molecule has 7 aromatic rings. The topological polar surface area (TPSA) is 91.4 Å². The highest BCUT2D eigenvalue weighted by atomic mass is 16.2. The van der Waals surface area contributed by atoms with Gasteiger partial charge in [0.15, 0.2) is 0 Å². The lowest BCUT2D eigenvalue weighted by atomic mass is 10.0. The van der Waals surface area contributed by atoms with Crippen molar-refractivity contribution in [1.29, 1.82) is 0 Å². The molecule has 1 heterocycles. The van der Waals surface area contributed by atoms with Gasteiger partial charge in [-0.05, 0) is 45.8 Å². The summed E-state index contributed by atoms with van der Waals surface area (Å²) in [5.74, 6) is -0.765. The van der Waals surface area contributed by atoms with Crippen molar-refractivity contribution in [2.24, 2.45) is 0 Å². The zero-order valence-corrected chi connectivity index (χ0v) is 24.8. The zero-order chi connectivity index (χ0) is 31.3. The van der Waals surface area contributed by atoms with Gasteiger partial charge in [0, 0.05) is 35.6 Å². The molecule has 7 rings (SSSR count). The van der Waals surface area contributed by atoms with Crippen molar-refractivity contribution < 1.29 is 14.4 Å². The van der Waals surface area contributed by atoms with Crippen molar-refractivity contribution in [3.8, 4) is 0 Å². The van der Waals surface area contributed by atoms with E-state index < -0.39 is 0 Å². The summed E-state index contributed by atoms with van der Waals surface area (Å²) in [5.41, 5.74) is 1.76. The smallest absolute Gasteiger partial charge is 0.274 e. The first-order valence-corrected chi connectivity index (χ1v) is 14.5. The number of pyridine rings is 1. The van der Waals surface area contributed by atoms with Gasteiger partial charge in [0.25, 0.3) is 11.8 Å². The molecule has 0 bridgehead atoms. The van der Waals surface area contributed by atoms with E-state index in [0.29, 0.717) is 0 Å². The van der Waals surface area contributed by atoms with Crippen molar-refractivity contribution in [1.82, 2.24) is 9.88 Å². The Labute approximate surface area is 260 Å². The number of carbonyl (C=O) groups excluding carboxylic acids is 3. The summed E-state index contributed by atoms with van der Waals surface area (Å²) in [5, 5.41) is 14.0. The number of carbonyl (C=O) groups is 3. The molecule has 0 unspecified atom stereocenters. The Morgan fingerprint density at radius 1 is 0.533 bits per heavy atom. The molecule has 1 aromatic heterocycles. The van der Waals surface area contributed by atoms with Crippen LogP contribution in [0.3, 0.4) is 0 Å². The van der Waals surface area contributed by atoms with E-state index in [1.165, 1.54) is 4.90 Å². The minimum Gasteiger partial charge on any atom is -0.351 e. The number of rotatable bonds is 5. The fourth-order valence-corrected chi connectivity index (χ4v) is 5.34. The highest BCUT2D eigenvalue weighted by Gasteiger charge is 2.17. The van der Waals surface area contributed by atoms with Crippen molar-refractivity contribution in [2.75, 3.05) is 24.7 Å². The van der Waals surface area contributed by atoms with E-state index in [1.807, 2.05) is 97.1 Å². The Balaban J connectivity index is 0.000000664. The summed E-state index contributed by atoms with van der Waals surface area (Å²) in [4.78, 5) is 42.3. The Kier molecular flexibility index (Phi) is 8.16.